The van der Waals surface area contributed by atoms with Gasteiger partial charge in [-0.2, -0.15) is 0 Å². The molecule has 21 heavy (non-hydrogen) atoms. The molecule has 0 heterocycles. The highest BCUT2D eigenvalue weighted by Crippen LogP contribution is 2.38. The number of methoxy groups -OCH3 is 2. The molecule has 0 saturated carbocycles. The molecule has 0 amide bonds. The van der Waals surface area contributed by atoms with Gasteiger partial charge in [-0.25, -0.2) is 8.78 Å². The highest BCUT2D eigenvalue weighted by molar-refractivity contribution is 6.30. The first-order valence-electron chi connectivity index (χ1n) is 5.98. The van der Waals surface area contributed by atoms with Crippen LogP contribution >= 0.6 is 23.2 Å². The first-order chi connectivity index (χ1) is 9.97. The molecule has 0 radical (unpaired) electrons. The second-order valence-electron chi connectivity index (χ2n) is 4.26. The van der Waals surface area contributed by atoms with Crippen LogP contribution in [-0.2, 0) is 0 Å². The van der Waals surface area contributed by atoms with Gasteiger partial charge in [0.05, 0.1) is 19.6 Å². The van der Waals surface area contributed by atoms with E-state index in [2.05, 4.69) is 0 Å². The fourth-order valence-electron chi connectivity index (χ4n) is 1.94. The Kier molecular flexibility index (Phi) is 4.91. The molecular formula is C15H12Cl2F2O2. The smallest absolute Gasteiger partial charge is 0.163 e. The van der Waals surface area contributed by atoms with Gasteiger partial charge >= 0.3 is 0 Å². The normalized spacial score (nSPS) is 12.1. The molecule has 2 aromatic carbocycles. The van der Waals surface area contributed by atoms with Gasteiger partial charge in [0.25, 0.3) is 0 Å². The predicted molar refractivity (Wildman–Crippen MR) is 78.6 cm³/mol. The number of hydrogen-bond donors (Lipinski definition) is 0. The zero-order valence-corrected chi connectivity index (χ0v) is 12.8. The quantitative estimate of drug-likeness (QED) is 0.736. The molecule has 0 saturated heterocycles. The van der Waals surface area contributed by atoms with E-state index in [1.54, 1.807) is 0 Å². The van der Waals surface area contributed by atoms with Crippen LogP contribution in [-0.4, -0.2) is 14.2 Å². The van der Waals surface area contributed by atoms with Gasteiger partial charge in [0.1, 0.15) is 11.6 Å². The second kappa shape index (κ2) is 6.50. The fourth-order valence-corrected chi connectivity index (χ4v) is 2.46. The SMILES string of the molecule is COc1cc(F)c(C(Cl)c2cc(Cl)ccc2F)cc1OC. The van der Waals surface area contributed by atoms with E-state index >= 15 is 0 Å². The number of halogens is 4. The molecule has 0 spiro atoms. The molecular weight excluding hydrogens is 321 g/mol. The summed E-state index contributed by atoms with van der Waals surface area (Å²) < 4.78 is 38.1. The van der Waals surface area contributed by atoms with Crippen molar-refractivity contribution in [3.63, 3.8) is 0 Å². The maximum absolute atomic E-state index is 14.1. The van der Waals surface area contributed by atoms with Crippen LogP contribution in [0.3, 0.4) is 0 Å². The summed E-state index contributed by atoms with van der Waals surface area (Å²) in [7, 11) is 2.81. The van der Waals surface area contributed by atoms with E-state index in [-0.39, 0.29) is 16.9 Å². The molecule has 6 heteroatoms. The molecule has 2 aromatic rings. The Morgan fingerprint density at radius 3 is 2.10 bits per heavy atom. The third-order valence-electron chi connectivity index (χ3n) is 3.01. The molecule has 0 bridgehead atoms. The lowest BCUT2D eigenvalue weighted by atomic mass is 10.0. The zero-order chi connectivity index (χ0) is 15.6. The van der Waals surface area contributed by atoms with E-state index in [0.717, 1.165) is 6.07 Å². The maximum Gasteiger partial charge on any atom is 0.163 e. The van der Waals surface area contributed by atoms with Crippen LogP contribution in [0.25, 0.3) is 0 Å². The van der Waals surface area contributed by atoms with Gasteiger partial charge in [0.2, 0.25) is 0 Å². The Hall–Kier alpha value is -1.52. The Morgan fingerprint density at radius 1 is 0.905 bits per heavy atom. The van der Waals surface area contributed by atoms with Gasteiger partial charge in [-0.05, 0) is 24.3 Å². The first-order valence-corrected chi connectivity index (χ1v) is 6.79. The highest BCUT2D eigenvalue weighted by atomic mass is 35.5. The van der Waals surface area contributed by atoms with Gasteiger partial charge in [-0.1, -0.05) is 11.6 Å². The summed E-state index contributed by atoms with van der Waals surface area (Å²) in [6.07, 6.45) is 0. The van der Waals surface area contributed by atoms with Gasteiger partial charge in [-0.15, -0.1) is 11.6 Å². The van der Waals surface area contributed by atoms with E-state index in [1.165, 1.54) is 38.5 Å². The molecule has 0 aliphatic carbocycles. The van der Waals surface area contributed by atoms with Gasteiger partial charge in [-0.3, -0.25) is 0 Å². The molecule has 0 N–H and O–H groups in total. The number of rotatable bonds is 4. The van der Waals surface area contributed by atoms with Crippen LogP contribution in [0.4, 0.5) is 8.78 Å². The standard InChI is InChI=1S/C15H12Cl2F2O2/c1-20-13-6-10(12(19)7-14(13)21-2)15(17)9-5-8(16)3-4-11(9)18/h3-7,15H,1-2H3. The van der Waals surface area contributed by atoms with E-state index in [9.17, 15) is 8.78 Å². The van der Waals surface area contributed by atoms with Crippen molar-refractivity contribution in [3.05, 3.63) is 58.1 Å². The number of benzene rings is 2. The van der Waals surface area contributed by atoms with Crippen LogP contribution in [0.5, 0.6) is 11.5 Å². The van der Waals surface area contributed by atoms with E-state index in [4.69, 9.17) is 32.7 Å². The summed E-state index contributed by atoms with van der Waals surface area (Å²) >= 11 is 12.0. The molecule has 2 rings (SSSR count). The van der Waals surface area contributed by atoms with Crippen molar-refractivity contribution in [1.82, 2.24) is 0 Å². The summed E-state index contributed by atoms with van der Waals surface area (Å²) in [6, 6.07) is 6.48. The monoisotopic (exact) mass is 332 g/mol. The minimum atomic E-state index is -1.04. The lowest BCUT2D eigenvalue weighted by Crippen LogP contribution is -2.02. The van der Waals surface area contributed by atoms with Crippen molar-refractivity contribution in [2.24, 2.45) is 0 Å². The van der Waals surface area contributed by atoms with E-state index in [1.807, 2.05) is 0 Å². The van der Waals surface area contributed by atoms with Crippen LogP contribution < -0.4 is 9.47 Å². The fraction of sp³-hybridized carbons (Fsp3) is 0.200. The summed E-state index contributed by atoms with van der Waals surface area (Å²) in [5.74, 6) is -0.642. The predicted octanol–water partition coefficient (Wildman–Crippen LogP) is 4.96. The molecule has 1 unspecified atom stereocenters. The summed E-state index contributed by atoms with van der Waals surface area (Å²) in [6.45, 7) is 0. The number of hydrogen-bond acceptors (Lipinski definition) is 2. The molecule has 2 nitrogen and oxygen atoms in total. The Balaban J connectivity index is 2.52. The zero-order valence-electron chi connectivity index (χ0n) is 11.3. The van der Waals surface area contributed by atoms with Gasteiger partial charge in [0, 0.05) is 22.2 Å². The third kappa shape index (κ3) is 3.22. The van der Waals surface area contributed by atoms with Crippen LogP contribution in [0.1, 0.15) is 16.5 Å². The topological polar surface area (TPSA) is 18.5 Å². The van der Waals surface area contributed by atoms with Crippen molar-refractivity contribution in [2.45, 2.75) is 5.38 Å². The molecule has 112 valence electrons. The average molecular weight is 333 g/mol. The van der Waals surface area contributed by atoms with E-state index < -0.39 is 17.0 Å². The van der Waals surface area contributed by atoms with Crippen molar-refractivity contribution in [2.75, 3.05) is 14.2 Å². The minimum absolute atomic E-state index is 0.0792. The third-order valence-corrected chi connectivity index (χ3v) is 3.71. The summed E-state index contributed by atoms with van der Waals surface area (Å²) in [5, 5.41) is -0.721. The number of alkyl halides is 1. The lowest BCUT2D eigenvalue weighted by Gasteiger charge is -2.16. The summed E-state index contributed by atoms with van der Waals surface area (Å²) in [5.41, 5.74) is 0.172. The van der Waals surface area contributed by atoms with Crippen molar-refractivity contribution < 1.29 is 18.3 Å². The van der Waals surface area contributed by atoms with Crippen LogP contribution in [0, 0.1) is 11.6 Å². The molecule has 1 atom stereocenters. The van der Waals surface area contributed by atoms with E-state index in [0.29, 0.717) is 10.8 Å². The van der Waals surface area contributed by atoms with Crippen molar-refractivity contribution in [1.29, 1.82) is 0 Å². The first kappa shape index (κ1) is 15.9. The van der Waals surface area contributed by atoms with Gasteiger partial charge in [0.15, 0.2) is 11.5 Å². The van der Waals surface area contributed by atoms with Gasteiger partial charge < -0.3 is 9.47 Å². The van der Waals surface area contributed by atoms with Crippen molar-refractivity contribution >= 4 is 23.2 Å². The Bertz CT molecular complexity index is 662. The highest BCUT2D eigenvalue weighted by Gasteiger charge is 2.22. The number of ether oxygens (including phenoxy) is 2. The lowest BCUT2D eigenvalue weighted by molar-refractivity contribution is 0.351. The molecule has 0 aromatic heterocycles. The van der Waals surface area contributed by atoms with Crippen LogP contribution in [0.15, 0.2) is 30.3 Å². The Morgan fingerprint density at radius 2 is 1.48 bits per heavy atom. The van der Waals surface area contributed by atoms with Crippen molar-refractivity contribution in [3.8, 4) is 11.5 Å². The molecule has 0 fully saturated rings. The average Bonchev–Trinajstić information content (AvgIpc) is 2.48. The maximum atomic E-state index is 14.1. The van der Waals surface area contributed by atoms with Crippen LogP contribution in [0.2, 0.25) is 5.02 Å². The largest absolute Gasteiger partial charge is 0.493 e. The summed E-state index contributed by atoms with van der Waals surface area (Å²) in [4.78, 5) is 0. The molecule has 0 aliphatic heterocycles. The molecule has 0 aliphatic rings. The Labute approximate surface area is 131 Å². The minimum Gasteiger partial charge on any atom is -0.493 e. The second-order valence-corrected chi connectivity index (χ2v) is 5.13.